The monoisotopic (exact) mass is 278 g/mol. The molecule has 6 heteroatoms. The van der Waals surface area contributed by atoms with Gasteiger partial charge in [-0.2, -0.15) is 0 Å². The summed E-state index contributed by atoms with van der Waals surface area (Å²) in [4.78, 5) is 11.3. The molecule has 0 bridgehead atoms. The number of phenols is 1. The molecule has 1 atom stereocenters. The Morgan fingerprint density at radius 3 is 2.73 bits per heavy atom. The molecule has 1 unspecified atom stereocenters. The van der Waals surface area contributed by atoms with Gasteiger partial charge in [-0.25, -0.2) is 0 Å². The predicted molar refractivity (Wildman–Crippen MR) is 52.4 cm³/mol. The molecular formula is C9H10O5Se. The van der Waals surface area contributed by atoms with Gasteiger partial charge in [0.1, 0.15) is 0 Å². The molecule has 0 saturated heterocycles. The van der Waals surface area contributed by atoms with Gasteiger partial charge in [0.15, 0.2) is 0 Å². The van der Waals surface area contributed by atoms with E-state index in [1.807, 2.05) is 0 Å². The van der Waals surface area contributed by atoms with E-state index in [0.717, 1.165) is 0 Å². The number of hydrogen-bond acceptors (Lipinski definition) is 4. The molecule has 0 aliphatic carbocycles. The Morgan fingerprint density at radius 1 is 1.53 bits per heavy atom. The van der Waals surface area contributed by atoms with Crippen LogP contribution in [-0.4, -0.2) is 36.0 Å². The number of ether oxygens (including phenoxy) is 1. The molecule has 0 spiro atoms. The molecule has 0 radical (unpaired) electrons. The van der Waals surface area contributed by atoms with Crippen LogP contribution < -0.4 is 4.46 Å². The van der Waals surface area contributed by atoms with Gasteiger partial charge in [-0.05, 0) is 0 Å². The van der Waals surface area contributed by atoms with Crippen LogP contribution in [0.15, 0.2) is 18.2 Å². The maximum absolute atomic E-state index is 11.3. The Hall–Kier alpha value is -1.23. The number of phenolic OH excluding ortho intramolecular Hbond substituents is 1. The van der Waals surface area contributed by atoms with Gasteiger partial charge in [0, 0.05) is 0 Å². The van der Waals surface area contributed by atoms with Crippen molar-refractivity contribution in [3.8, 4) is 5.75 Å². The van der Waals surface area contributed by atoms with Gasteiger partial charge in [-0.3, -0.25) is 0 Å². The fourth-order valence-electron chi connectivity index (χ4n) is 0.996. The van der Waals surface area contributed by atoms with Crippen LogP contribution in [-0.2, 0) is 8.57 Å². The molecule has 2 N–H and O–H groups in total. The molecule has 0 amide bonds. The Morgan fingerprint density at radius 2 is 2.20 bits per heavy atom. The first kappa shape index (κ1) is 11.8. The molecule has 0 aliphatic heterocycles. The summed E-state index contributed by atoms with van der Waals surface area (Å²) in [6.45, 7) is 1.81. The average molecular weight is 277 g/mol. The Kier molecular flexibility index (Phi) is 3.96. The number of carbonyl (C=O) groups excluding carboxylic acids is 1. The predicted octanol–water partition coefficient (Wildman–Crippen LogP) is -0.313. The van der Waals surface area contributed by atoms with Crippen LogP contribution in [0.5, 0.6) is 5.75 Å². The molecule has 0 heterocycles. The van der Waals surface area contributed by atoms with E-state index < -0.39 is 20.1 Å². The van der Waals surface area contributed by atoms with E-state index in [9.17, 15) is 13.7 Å². The third-order valence-corrected chi connectivity index (χ3v) is 3.04. The first-order valence-electron chi connectivity index (χ1n) is 4.17. The second kappa shape index (κ2) is 5.02. The molecule has 1 aromatic rings. The van der Waals surface area contributed by atoms with Crippen molar-refractivity contribution in [2.45, 2.75) is 6.92 Å². The van der Waals surface area contributed by atoms with Crippen LogP contribution in [0.4, 0.5) is 0 Å². The van der Waals surface area contributed by atoms with Gasteiger partial charge >= 0.3 is 90.3 Å². The van der Waals surface area contributed by atoms with Crippen molar-refractivity contribution in [3.05, 3.63) is 23.8 Å². The second-order valence-corrected chi connectivity index (χ2v) is 4.68. The van der Waals surface area contributed by atoms with Crippen molar-refractivity contribution in [3.63, 3.8) is 0 Å². The Labute approximate surface area is 90.7 Å². The molecule has 15 heavy (non-hydrogen) atoms. The van der Waals surface area contributed by atoms with Crippen LogP contribution >= 0.6 is 0 Å². The fraction of sp³-hybridized carbons (Fsp3) is 0.222. The summed E-state index contributed by atoms with van der Waals surface area (Å²) >= 11 is -3.08. The Balaban J connectivity index is 3.10. The Bertz CT molecular complexity index is 401. The molecule has 5 nitrogen and oxygen atoms in total. The average Bonchev–Trinajstić information content (AvgIpc) is 2.18. The molecule has 1 rings (SSSR count). The van der Waals surface area contributed by atoms with E-state index in [1.54, 1.807) is 6.92 Å². The summed E-state index contributed by atoms with van der Waals surface area (Å²) in [6.07, 6.45) is 0. The van der Waals surface area contributed by atoms with Gasteiger partial charge < -0.3 is 0 Å². The molecule has 0 fully saturated rings. The first-order valence-corrected chi connectivity index (χ1v) is 6.49. The minimum atomic E-state index is -3.08. The van der Waals surface area contributed by atoms with Crippen LogP contribution in [0.3, 0.4) is 0 Å². The van der Waals surface area contributed by atoms with Crippen LogP contribution in [0, 0.1) is 0 Å². The molecule has 0 aliphatic rings. The van der Waals surface area contributed by atoms with Crippen molar-refractivity contribution in [1.29, 1.82) is 0 Å². The van der Waals surface area contributed by atoms with E-state index in [0.29, 0.717) is 0 Å². The molecular weight excluding hydrogens is 267 g/mol. The van der Waals surface area contributed by atoms with E-state index in [4.69, 9.17) is 4.19 Å². The van der Waals surface area contributed by atoms with Crippen molar-refractivity contribution in [1.82, 2.24) is 0 Å². The van der Waals surface area contributed by atoms with Gasteiger partial charge in [0.2, 0.25) is 0 Å². The van der Waals surface area contributed by atoms with Crippen molar-refractivity contribution < 1.29 is 22.7 Å². The first-order chi connectivity index (χ1) is 7.06. The number of esters is 1. The van der Waals surface area contributed by atoms with Crippen LogP contribution in [0.1, 0.15) is 17.3 Å². The van der Waals surface area contributed by atoms with E-state index in [-0.39, 0.29) is 22.4 Å². The van der Waals surface area contributed by atoms with E-state index in [1.165, 1.54) is 18.2 Å². The van der Waals surface area contributed by atoms with Crippen LogP contribution in [0.25, 0.3) is 0 Å². The van der Waals surface area contributed by atoms with Crippen molar-refractivity contribution in [2.24, 2.45) is 0 Å². The summed E-state index contributed by atoms with van der Waals surface area (Å²) in [5.74, 6) is -0.964. The van der Waals surface area contributed by atoms with E-state index in [2.05, 4.69) is 4.74 Å². The third-order valence-electron chi connectivity index (χ3n) is 1.66. The zero-order chi connectivity index (χ0) is 11.4. The van der Waals surface area contributed by atoms with Crippen LogP contribution in [0.2, 0.25) is 0 Å². The summed E-state index contributed by atoms with van der Waals surface area (Å²) < 4.78 is 24.5. The zero-order valence-corrected chi connectivity index (χ0v) is 9.68. The fourth-order valence-corrected chi connectivity index (χ4v) is 1.84. The molecule has 82 valence electrons. The quantitative estimate of drug-likeness (QED) is 0.584. The molecule has 0 aromatic heterocycles. The maximum atomic E-state index is 11.3. The minimum absolute atomic E-state index is 0.0898. The molecule has 1 aromatic carbocycles. The SMILES string of the molecule is CCOC(=O)c1cc([Se](=O)O)ccc1O. The van der Waals surface area contributed by atoms with E-state index >= 15 is 0 Å². The number of carbonyl (C=O) groups is 1. The number of aromatic hydroxyl groups is 1. The summed E-state index contributed by atoms with van der Waals surface area (Å²) in [6, 6.07) is 3.67. The standard InChI is InChI=1S/C9H10O5Se/c1-2-14-9(11)7-5-6(15(12)13)3-4-8(7)10/h3-5,10H,2H2,1H3,(H,12,13). The normalized spacial score (nSPS) is 12.1. The summed E-state index contributed by atoms with van der Waals surface area (Å²) in [7, 11) is 0. The second-order valence-electron chi connectivity index (χ2n) is 2.65. The summed E-state index contributed by atoms with van der Waals surface area (Å²) in [5.41, 5.74) is -0.0898. The zero-order valence-electron chi connectivity index (χ0n) is 7.97. The number of rotatable bonds is 3. The van der Waals surface area contributed by atoms with Crippen molar-refractivity contribution >= 4 is 24.6 Å². The van der Waals surface area contributed by atoms with Gasteiger partial charge in [-0.1, -0.05) is 0 Å². The van der Waals surface area contributed by atoms with Gasteiger partial charge in [-0.15, -0.1) is 0 Å². The topological polar surface area (TPSA) is 83.8 Å². The third kappa shape index (κ3) is 2.86. The summed E-state index contributed by atoms with van der Waals surface area (Å²) in [5, 5.41) is 9.34. The molecule has 0 saturated carbocycles. The van der Waals surface area contributed by atoms with Gasteiger partial charge in [0.25, 0.3) is 0 Å². The van der Waals surface area contributed by atoms with Gasteiger partial charge in [0.05, 0.1) is 0 Å². The number of hydrogen-bond donors (Lipinski definition) is 2. The number of benzene rings is 1. The van der Waals surface area contributed by atoms with Crippen molar-refractivity contribution in [2.75, 3.05) is 6.61 Å².